The molecule has 0 aliphatic heterocycles. The Bertz CT molecular complexity index is 999. The Labute approximate surface area is 180 Å². The zero-order valence-corrected chi connectivity index (χ0v) is 17.7. The van der Waals surface area contributed by atoms with Gasteiger partial charge in [0.05, 0.1) is 21.3 Å². The van der Waals surface area contributed by atoms with Gasteiger partial charge in [-0.1, -0.05) is 0 Å². The van der Waals surface area contributed by atoms with Crippen molar-refractivity contribution in [3.05, 3.63) is 22.6 Å². The first-order valence-corrected chi connectivity index (χ1v) is 10.9. The summed E-state index contributed by atoms with van der Waals surface area (Å²) in [4.78, 5) is 28.1. The first-order valence-electron chi connectivity index (χ1n) is 10.0. The Morgan fingerprint density at radius 1 is 1.26 bits per heavy atom. The molecule has 0 saturated heterocycles. The topological polar surface area (TPSA) is 89.5 Å². The molecule has 1 atom stereocenters. The van der Waals surface area contributed by atoms with Crippen LogP contribution in [0.25, 0.3) is 10.2 Å². The first kappa shape index (κ1) is 21.7. The first-order chi connectivity index (χ1) is 14.7. The fraction of sp³-hybridized carbons (Fsp3) is 0.550. The van der Waals surface area contributed by atoms with E-state index < -0.39 is 29.8 Å². The molecule has 2 saturated carbocycles. The second-order valence-corrected chi connectivity index (χ2v) is 8.80. The van der Waals surface area contributed by atoms with Crippen molar-refractivity contribution in [2.45, 2.75) is 57.0 Å². The molecule has 0 bridgehead atoms. The van der Waals surface area contributed by atoms with E-state index >= 15 is 0 Å². The number of carbonyl (C=O) groups excluding carboxylic acids is 2. The van der Waals surface area contributed by atoms with Gasteiger partial charge in [0.15, 0.2) is 0 Å². The summed E-state index contributed by atoms with van der Waals surface area (Å²) >= 11 is 0.813. The molecule has 2 fully saturated rings. The van der Waals surface area contributed by atoms with E-state index in [0.717, 1.165) is 30.2 Å². The summed E-state index contributed by atoms with van der Waals surface area (Å²) in [5, 5.41) is 6.54. The van der Waals surface area contributed by atoms with E-state index in [2.05, 4.69) is 15.6 Å². The van der Waals surface area contributed by atoms with Crippen molar-refractivity contribution in [2.75, 3.05) is 7.05 Å². The van der Waals surface area contributed by atoms with E-state index in [1.807, 2.05) is 6.92 Å². The van der Waals surface area contributed by atoms with Gasteiger partial charge in [-0.3, -0.25) is 4.79 Å². The van der Waals surface area contributed by atoms with Crippen molar-refractivity contribution >= 4 is 33.6 Å². The maximum Gasteiger partial charge on any atom is 0.418 e. The molecule has 2 amide bonds. The lowest BCUT2D eigenvalue weighted by Gasteiger charge is -2.34. The molecule has 0 aromatic carbocycles. The van der Waals surface area contributed by atoms with Crippen LogP contribution in [-0.2, 0) is 10.9 Å². The van der Waals surface area contributed by atoms with E-state index in [0.29, 0.717) is 18.8 Å². The van der Waals surface area contributed by atoms with Gasteiger partial charge in [-0.25, -0.2) is 9.78 Å². The number of nitrogens with zero attached hydrogens (tertiary/aromatic N) is 1. The average Bonchev–Trinajstić information content (AvgIpc) is 3.44. The van der Waals surface area contributed by atoms with Crippen LogP contribution in [0.4, 0.5) is 18.0 Å². The van der Waals surface area contributed by atoms with Gasteiger partial charge in [0.25, 0.3) is 5.91 Å². The summed E-state index contributed by atoms with van der Waals surface area (Å²) in [7, 11) is 1.40. The number of aromatic nitrogens is 1. The number of alkyl halides is 3. The Balaban J connectivity index is 1.43. The summed E-state index contributed by atoms with van der Waals surface area (Å²) in [5.41, 5.74) is -0.877. The van der Waals surface area contributed by atoms with Gasteiger partial charge in [-0.2, -0.15) is 13.2 Å². The molecule has 7 nitrogen and oxygen atoms in total. The summed E-state index contributed by atoms with van der Waals surface area (Å²) < 4.78 is 51.5. The predicted octanol–water partition coefficient (Wildman–Crippen LogP) is 4.11. The molecule has 1 unspecified atom stereocenters. The van der Waals surface area contributed by atoms with Crippen LogP contribution < -0.4 is 15.4 Å². The molecule has 168 valence electrons. The molecule has 2 aromatic heterocycles. The van der Waals surface area contributed by atoms with Crippen molar-refractivity contribution in [3.63, 3.8) is 0 Å². The Morgan fingerprint density at radius 2 is 1.97 bits per heavy atom. The zero-order valence-electron chi connectivity index (χ0n) is 16.9. The van der Waals surface area contributed by atoms with Crippen LogP contribution in [0.2, 0.25) is 0 Å². The normalized spacial score (nSPS) is 21.8. The Morgan fingerprint density at radius 3 is 2.58 bits per heavy atom. The highest BCUT2D eigenvalue weighted by atomic mass is 32.1. The van der Waals surface area contributed by atoms with E-state index in [4.69, 9.17) is 9.47 Å². The lowest BCUT2D eigenvalue weighted by molar-refractivity contribution is -0.136. The van der Waals surface area contributed by atoms with Crippen molar-refractivity contribution in [1.29, 1.82) is 0 Å². The minimum atomic E-state index is -4.62. The number of alkyl carbamates (subject to hydrolysis) is 1. The highest BCUT2D eigenvalue weighted by molar-refractivity contribution is 7.17. The third-order valence-electron chi connectivity index (χ3n) is 5.56. The van der Waals surface area contributed by atoms with E-state index in [9.17, 15) is 22.8 Å². The second-order valence-electron chi connectivity index (χ2n) is 7.92. The summed E-state index contributed by atoms with van der Waals surface area (Å²) in [6, 6.07) is 0.918. The minimum absolute atomic E-state index is 0.0465. The number of pyridine rings is 1. The highest BCUT2D eigenvalue weighted by Gasteiger charge is 2.38. The molecular formula is C20H22F3N3O4S. The molecule has 0 radical (unpaired) electrons. The van der Waals surface area contributed by atoms with Gasteiger partial charge in [0, 0.05) is 37.4 Å². The average molecular weight is 457 g/mol. The summed E-state index contributed by atoms with van der Waals surface area (Å²) in [6.45, 7) is 1.93. The Hall–Kier alpha value is -2.56. The van der Waals surface area contributed by atoms with Crippen molar-refractivity contribution in [3.8, 4) is 5.88 Å². The summed E-state index contributed by atoms with van der Waals surface area (Å²) in [5.74, 6) is -0.225. The third kappa shape index (κ3) is 4.70. The fourth-order valence-electron chi connectivity index (χ4n) is 3.52. The molecule has 31 heavy (non-hydrogen) atoms. The van der Waals surface area contributed by atoms with Gasteiger partial charge < -0.3 is 20.1 Å². The van der Waals surface area contributed by atoms with E-state index in [-0.39, 0.29) is 33.8 Å². The molecule has 0 spiro atoms. The van der Waals surface area contributed by atoms with Crippen LogP contribution in [0.1, 0.15) is 48.5 Å². The van der Waals surface area contributed by atoms with Gasteiger partial charge in [0.1, 0.15) is 12.2 Å². The lowest BCUT2D eigenvalue weighted by atomic mass is 9.92. The molecule has 2 aliphatic carbocycles. The van der Waals surface area contributed by atoms with Crippen LogP contribution in [0.15, 0.2) is 11.4 Å². The number of halogens is 3. The molecular weight excluding hydrogens is 435 g/mol. The number of carbonyl (C=O) groups is 2. The number of hydrogen-bond donors (Lipinski definition) is 2. The maximum absolute atomic E-state index is 13.6. The number of hydrogen-bond acceptors (Lipinski definition) is 6. The third-order valence-corrected chi connectivity index (χ3v) is 6.57. The Kier molecular flexibility index (Phi) is 5.71. The number of fused-ring (bicyclic) bond motifs is 1. The largest absolute Gasteiger partial charge is 0.474 e. The number of amides is 2. The van der Waals surface area contributed by atoms with Crippen LogP contribution in [0.5, 0.6) is 5.88 Å². The number of thiophene rings is 1. The smallest absolute Gasteiger partial charge is 0.418 e. The maximum atomic E-state index is 13.6. The predicted molar refractivity (Wildman–Crippen MR) is 107 cm³/mol. The van der Waals surface area contributed by atoms with Crippen molar-refractivity contribution < 1.29 is 32.2 Å². The van der Waals surface area contributed by atoms with Gasteiger partial charge in [0.2, 0.25) is 5.88 Å². The SMILES string of the molecule is CNC(=O)c1csc2c(C(F)(F)F)cc(OC3CC(OC(=O)NC(C)C4CC4)C3)nc12. The standard InChI is InChI=1S/C20H22F3N3O4S/c1-9(10-3-4-10)25-19(28)30-12-5-11(6-12)29-15-7-14(20(21,22)23)17-16(26-15)13(8-31-17)18(27)24-2/h7-12H,3-6H2,1-2H3,(H,24,27)(H,25,28). The highest BCUT2D eigenvalue weighted by Crippen LogP contribution is 2.41. The van der Waals surface area contributed by atoms with E-state index in [1.165, 1.54) is 12.4 Å². The number of ether oxygens (including phenoxy) is 2. The van der Waals surface area contributed by atoms with Crippen LogP contribution in [-0.4, -0.2) is 42.3 Å². The molecule has 4 rings (SSSR count). The van der Waals surface area contributed by atoms with E-state index in [1.54, 1.807) is 0 Å². The second kappa shape index (κ2) is 8.18. The monoisotopic (exact) mass is 457 g/mol. The molecule has 11 heteroatoms. The fourth-order valence-corrected chi connectivity index (χ4v) is 4.54. The molecule has 2 N–H and O–H groups in total. The zero-order chi connectivity index (χ0) is 22.3. The van der Waals surface area contributed by atoms with Crippen molar-refractivity contribution in [1.82, 2.24) is 15.6 Å². The van der Waals surface area contributed by atoms with Crippen LogP contribution in [0, 0.1) is 5.92 Å². The molecule has 2 aromatic rings. The van der Waals surface area contributed by atoms with Crippen LogP contribution in [0.3, 0.4) is 0 Å². The van der Waals surface area contributed by atoms with Crippen LogP contribution >= 0.6 is 11.3 Å². The molecule has 2 heterocycles. The quantitative estimate of drug-likeness (QED) is 0.682. The number of rotatable bonds is 6. The van der Waals surface area contributed by atoms with Gasteiger partial charge >= 0.3 is 12.3 Å². The van der Waals surface area contributed by atoms with Crippen molar-refractivity contribution in [2.24, 2.45) is 5.92 Å². The van der Waals surface area contributed by atoms with Gasteiger partial charge in [-0.05, 0) is 25.7 Å². The summed E-state index contributed by atoms with van der Waals surface area (Å²) in [6.07, 6.45) is -2.97. The minimum Gasteiger partial charge on any atom is -0.474 e. The van der Waals surface area contributed by atoms with Gasteiger partial charge in [-0.15, -0.1) is 11.3 Å². The number of nitrogens with one attached hydrogen (secondary N) is 2. The lowest BCUT2D eigenvalue weighted by Crippen LogP contribution is -2.44. The molecule has 2 aliphatic rings.